The van der Waals surface area contributed by atoms with Gasteiger partial charge >= 0.3 is 7.60 Å². The second-order valence-electron chi connectivity index (χ2n) is 6.67. The number of aromatic hydroxyl groups is 1. The van der Waals surface area contributed by atoms with Crippen molar-refractivity contribution in [1.82, 2.24) is 9.97 Å². The van der Waals surface area contributed by atoms with Gasteiger partial charge in [0.05, 0.1) is 12.4 Å². The Morgan fingerprint density at radius 2 is 2.04 bits per heavy atom. The van der Waals surface area contributed by atoms with Gasteiger partial charge in [0.25, 0.3) is 0 Å². The van der Waals surface area contributed by atoms with Gasteiger partial charge in [-0.05, 0) is 30.0 Å². The van der Waals surface area contributed by atoms with Crippen molar-refractivity contribution in [2.24, 2.45) is 4.99 Å². The van der Waals surface area contributed by atoms with Crippen LogP contribution in [0.1, 0.15) is 31.9 Å². The van der Waals surface area contributed by atoms with Crippen LogP contribution in [0.4, 0.5) is 5.82 Å². The van der Waals surface area contributed by atoms with Crippen molar-refractivity contribution in [2.45, 2.75) is 33.1 Å². The van der Waals surface area contributed by atoms with E-state index in [1.807, 2.05) is 20.8 Å². The van der Waals surface area contributed by atoms with Crippen LogP contribution in [0.5, 0.6) is 11.5 Å². The van der Waals surface area contributed by atoms with Crippen LogP contribution in [0, 0.1) is 6.92 Å². The Morgan fingerprint density at radius 1 is 1.32 bits per heavy atom. The summed E-state index contributed by atoms with van der Waals surface area (Å²) >= 11 is 0. The third kappa shape index (κ3) is 5.37. The van der Waals surface area contributed by atoms with E-state index in [4.69, 9.17) is 4.52 Å². The molecule has 0 aliphatic rings. The highest BCUT2D eigenvalue weighted by Crippen LogP contribution is 2.44. The fourth-order valence-corrected chi connectivity index (χ4v) is 2.97. The summed E-state index contributed by atoms with van der Waals surface area (Å²) in [6.45, 7) is 7.54. The second kappa shape index (κ2) is 7.33. The van der Waals surface area contributed by atoms with Crippen LogP contribution < -0.4 is 4.52 Å². The van der Waals surface area contributed by atoms with Crippen LogP contribution in [0.25, 0.3) is 0 Å². The molecule has 0 fully saturated rings. The molecular formula is C17H22N3O4P. The number of benzene rings is 1. The van der Waals surface area contributed by atoms with E-state index in [9.17, 15) is 14.6 Å². The predicted molar refractivity (Wildman–Crippen MR) is 97.0 cm³/mol. The van der Waals surface area contributed by atoms with Gasteiger partial charge in [-0.1, -0.05) is 20.8 Å². The first-order chi connectivity index (χ1) is 11.6. The van der Waals surface area contributed by atoms with E-state index in [0.29, 0.717) is 16.9 Å². The number of nitrogens with zero attached hydrogens (tertiary/aromatic N) is 3. The molecule has 1 heterocycles. The summed E-state index contributed by atoms with van der Waals surface area (Å²) in [4.78, 5) is 21.8. The first-order valence-electron chi connectivity index (χ1n) is 7.72. The molecule has 0 radical (unpaired) electrons. The van der Waals surface area contributed by atoms with Crippen molar-refractivity contribution < 1.29 is 19.1 Å². The lowest BCUT2D eigenvalue weighted by Crippen LogP contribution is -2.12. The number of hydrogen-bond acceptors (Lipinski definition) is 6. The monoisotopic (exact) mass is 363 g/mol. The van der Waals surface area contributed by atoms with Crippen LogP contribution >= 0.6 is 7.60 Å². The van der Waals surface area contributed by atoms with Crippen LogP contribution in [-0.2, 0) is 9.98 Å². The van der Waals surface area contributed by atoms with E-state index in [2.05, 4.69) is 15.0 Å². The van der Waals surface area contributed by atoms with Crippen molar-refractivity contribution in [1.29, 1.82) is 0 Å². The molecule has 0 amide bonds. The van der Waals surface area contributed by atoms with E-state index in [-0.39, 0.29) is 23.1 Å². The highest BCUT2D eigenvalue weighted by molar-refractivity contribution is 7.54. The quantitative estimate of drug-likeness (QED) is 0.619. The number of aliphatic imine (C=N–C) groups is 1. The minimum atomic E-state index is -3.94. The highest BCUT2D eigenvalue weighted by Gasteiger charge is 2.24. The van der Waals surface area contributed by atoms with Gasteiger partial charge in [0.2, 0.25) is 0 Å². The van der Waals surface area contributed by atoms with Crippen LogP contribution in [0.2, 0.25) is 0 Å². The summed E-state index contributed by atoms with van der Waals surface area (Å²) in [7, 11) is -3.94. The van der Waals surface area contributed by atoms with Crippen molar-refractivity contribution in [2.75, 3.05) is 6.16 Å². The smallest absolute Gasteiger partial charge is 0.381 e. The summed E-state index contributed by atoms with van der Waals surface area (Å²) in [5, 5.41) is 10.2. The molecule has 0 aliphatic heterocycles. The van der Waals surface area contributed by atoms with E-state index >= 15 is 0 Å². The van der Waals surface area contributed by atoms with Crippen LogP contribution in [-0.4, -0.2) is 32.3 Å². The van der Waals surface area contributed by atoms with Gasteiger partial charge in [-0.2, -0.15) is 0 Å². The van der Waals surface area contributed by atoms with Crippen molar-refractivity contribution in [3.05, 3.63) is 41.9 Å². The Labute approximate surface area is 147 Å². The minimum Gasteiger partial charge on any atom is -0.507 e. The van der Waals surface area contributed by atoms with Gasteiger partial charge in [0.1, 0.15) is 11.5 Å². The summed E-state index contributed by atoms with van der Waals surface area (Å²) in [6.07, 6.45) is 5.45. The zero-order chi connectivity index (χ0) is 18.7. The lowest BCUT2D eigenvalue weighted by molar-refractivity contribution is 0.382. The Hall–Kier alpha value is -2.24. The normalized spacial score (nSPS) is 14.4. The molecule has 134 valence electrons. The largest absolute Gasteiger partial charge is 0.507 e. The maximum Gasteiger partial charge on any atom is 0.381 e. The molecule has 2 N–H and O–H groups in total. The Balaban J connectivity index is 2.16. The molecule has 25 heavy (non-hydrogen) atoms. The first kappa shape index (κ1) is 19.1. The summed E-state index contributed by atoms with van der Waals surface area (Å²) in [5.74, 6) is 0.744. The highest BCUT2D eigenvalue weighted by atomic mass is 31.2. The first-order valence-corrected chi connectivity index (χ1v) is 9.49. The summed E-state index contributed by atoms with van der Waals surface area (Å²) in [6, 6.07) is 3.12. The molecule has 8 heteroatoms. The van der Waals surface area contributed by atoms with Crippen molar-refractivity contribution >= 4 is 19.6 Å². The van der Waals surface area contributed by atoms with E-state index in [0.717, 1.165) is 0 Å². The van der Waals surface area contributed by atoms with E-state index in [1.165, 1.54) is 30.9 Å². The number of hydrogen-bond donors (Lipinski definition) is 2. The van der Waals surface area contributed by atoms with Gasteiger partial charge in [-0.15, -0.1) is 0 Å². The Bertz CT molecular complexity index is 817. The van der Waals surface area contributed by atoms with E-state index in [1.54, 1.807) is 13.0 Å². The molecule has 0 saturated carbocycles. The SMILES string of the molecule is Cc1cc(OP(=O)(O)CC=Nc2cnccn2)cc(C(C)(C)C)c1O. The molecule has 0 saturated heterocycles. The second-order valence-corrected chi connectivity index (χ2v) is 8.50. The molecule has 0 spiro atoms. The molecular weight excluding hydrogens is 341 g/mol. The molecule has 1 aromatic heterocycles. The summed E-state index contributed by atoms with van der Waals surface area (Å²) in [5.41, 5.74) is 0.896. The fraction of sp³-hybridized carbons (Fsp3) is 0.353. The molecule has 1 unspecified atom stereocenters. The maximum atomic E-state index is 12.3. The zero-order valence-electron chi connectivity index (χ0n) is 14.7. The lowest BCUT2D eigenvalue weighted by atomic mass is 9.85. The average molecular weight is 363 g/mol. The predicted octanol–water partition coefficient (Wildman–Crippen LogP) is 3.75. The van der Waals surface area contributed by atoms with Gasteiger partial charge in [0.15, 0.2) is 5.82 Å². The Kier molecular flexibility index (Phi) is 5.60. The van der Waals surface area contributed by atoms with Crippen molar-refractivity contribution in [3.63, 3.8) is 0 Å². The lowest BCUT2D eigenvalue weighted by Gasteiger charge is -2.23. The number of aryl methyl sites for hydroxylation is 1. The maximum absolute atomic E-state index is 12.3. The molecule has 0 aliphatic carbocycles. The number of rotatable bonds is 5. The average Bonchev–Trinajstić information content (AvgIpc) is 2.50. The zero-order valence-corrected chi connectivity index (χ0v) is 15.6. The topological polar surface area (TPSA) is 105 Å². The van der Waals surface area contributed by atoms with Crippen LogP contribution in [0.3, 0.4) is 0 Å². The molecule has 2 aromatic rings. The number of phenols is 1. The minimum absolute atomic E-state index is 0.164. The van der Waals surface area contributed by atoms with Gasteiger partial charge in [-0.25, -0.2) is 14.5 Å². The van der Waals surface area contributed by atoms with Gasteiger partial charge < -0.3 is 14.5 Å². The molecule has 0 bridgehead atoms. The van der Waals surface area contributed by atoms with Crippen LogP contribution in [0.15, 0.2) is 35.7 Å². The molecule has 1 aromatic carbocycles. The van der Waals surface area contributed by atoms with Gasteiger partial charge in [0, 0.05) is 24.2 Å². The van der Waals surface area contributed by atoms with E-state index < -0.39 is 7.60 Å². The number of aromatic nitrogens is 2. The third-order valence-electron chi connectivity index (χ3n) is 3.42. The summed E-state index contributed by atoms with van der Waals surface area (Å²) < 4.78 is 17.6. The molecule has 2 rings (SSSR count). The van der Waals surface area contributed by atoms with Crippen molar-refractivity contribution in [3.8, 4) is 11.5 Å². The number of phenolic OH excluding ortho intramolecular Hbond substituents is 1. The molecule has 1 atom stereocenters. The third-order valence-corrected chi connectivity index (χ3v) is 4.54. The Morgan fingerprint density at radius 3 is 2.64 bits per heavy atom. The standard InChI is InChI=1S/C17H22N3O4P/c1-12-9-13(10-14(16(12)21)17(2,3)4)24-25(22,23)8-7-20-15-11-18-5-6-19-15/h5-7,9-11,21H,8H2,1-4H3,(H,22,23). The van der Waals surface area contributed by atoms with Gasteiger partial charge in [-0.3, -0.25) is 4.98 Å². The molecule has 7 nitrogen and oxygen atoms in total. The fourth-order valence-electron chi connectivity index (χ4n) is 2.17.